The van der Waals surface area contributed by atoms with E-state index in [-0.39, 0.29) is 36.5 Å². The van der Waals surface area contributed by atoms with Crippen LogP contribution in [0.1, 0.15) is 52.0 Å². The molecule has 1 aromatic heterocycles. The van der Waals surface area contributed by atoms with Crippen molar-refractivity contribution in [1.82, 2.24) is 4.57 Å². The van der Waals surface area contributed by atoms with E-state index in [0.717, 1.165) is 11.4 Å². The molecule has 0 aliphatic heterocycles. The van der Waals surface area contributed by atoms with Gasteiger partial charge in [0, 0.05) is 16.5 Å². The molecule has 176 valence electrons. The highest BCUT2D eigenvalue weighted by Gasteiger charge is 2.27. The van der Waals surface area contributed by atoms with Crippen molar-refractivity contribution >= 4 is 28.3 Å². The van der Waals surface area contributed by atoms with Gasteiger partial charge in [0.2, 0.25) is 0 Å². The number of ketones is 1. The van der Waals surface area contributed by atoms with Gasteiger partial charge in [0.1, 0.15) is 11.5 Å². The number of esters is 1. The SMILES string of the molecule is CCOC(=O)c1c(NCC(=O)C(C)(C)C)c2cc(O)ccc2n1-c1ccc(OC(C)C)cc1. The molecule has 0 saturated heterocycles. The van der Waals surface area contributed by atoms with Gasteiger partial charge in [-0.2, -0.15) is 0 Å². The summed E-state index contributed by atoms with van der Waals surface area (Å²) in [4.78, 5) is 25.7. The first-order chi connectivity index (χ1) is 15.5. The second-order valence-electron chi connectivity index (χ2n) is 9.17. The summed E-state index contributed by atoms with van der Waals surface area (Å²) in [6.07, 6.45) is 0.0393. The second kappa shape index (κ2) is 9.57. The molecule has 0 radical (unpaired) electrons. The third kappa shape index (κ3) is 5.30. The summed E-state index contributed by atoms with van der Waals surface area (Å²) in [5.41, 5.74) is 1.58. The van der Waals surface area contributed by atoms with E-state index in [9.17, 15) is 14.7 Å². The molecule has 0 fully saturated rings. The fourth-order valence-electron chi connectivity index (χ4n) is 3.50. The van der Waals surface area contributed by atoms with Crippen LogP contribution in [0.5, 0.6) is 11.5 Å². The van der Waals surface area contributed by atoms with Crippen LogP contribution in [-0.2, 0) is 9.53 Å². The second-order valence-corrected chi connectivity index (χ2v) is 9.17. The standard InChI is InChI=1S/C26H32N2O5/c1-7-32-25(31)24-23(27-15-22(30)26(4,5)6)20-14-18(29)10-13-21(20)28(24)17-8-11-19(12-9-17)33-16(2)3/h8-14,16,27,29H,7,15H2,1-6H3. The Hall–Kier alpha value is -3.48. The van der Waals surface area contributed by atoms with E-state index in [0.29, 0.717) is 16.6 Å². The summed E-state index contributed by atoms with van der Waals surface area (Å²) in [7, 11) is 0. The molecule has 1 heterocycles. The Balaban J connectivity index is 2.20. The van der Waals surface area contributed by atoms with E-state index in [4.69, 9.17) is 9.47 Å². The van der Waals surface area contributed by atoms with Gasteiger partial charge in [-0.25, -0.2) is 4.79 Å². The number of carbonyl (C=O) groups excluding carboxylic acids is 2. The largest absolute Gasteiger partial charge is 0.508 e. The van der Waals surface area contributed by atoms with Crippen LogP contribution >= 0.6 is 0 Å². The normalized spacial score (nSPS) is 11.6. The van der Waals surface area contributed by atoms with Gasteiger partial charge in [-0.05, 0) is 63.2 Å². The Morgan fingerprint density at radius 3 is 2.33 bits per heavy atom. The van der Waals surface area contributed by atoms with Gasteiger partial charge in [-0.3, -0.25) is 4.79 Å². The summed E-state index contributed by atoms with van der Waals surface area (Å²) >= 11 is 0. The van der Waals surface area contributed by atoms with Crippen LogP contribution in [0, 0.1) is 5.41 Å². The number of phenols is 1. The molecule has 0 amide bonds. The van der Waals surface area contributed by atoms with Crippen molar-refractivity contribution in [3.8, 4) is 17.2 Å². The molecule has 3 aromatic rings. The van der Waals surface area contributed by atoms with Gasteiger partial charge in [0.15, 0.2) is 11.5 Å². The molecule has 0 unspecified atom stereocenters. The van der Waals surface area contributed by atoms with E-state index in [2.05, 4.69) is 5.32 Å². The van der Waals surface area contributed by atoms with E-state index >= 15 is 0 Å². The number of nitrogens with zero attached hydrogens (tertiary/aromatic N) is 1. The van der Waals surface area contributed by atoms with Crippen LogP contribution in [0.15, 0.2) is 42.5 Å². The number of rotatable bonds is 8. The number of hydrogen-bond donors (Lipinski definition) is 2. The van der Waals surface area contributed by atoms with Crippen LogP contribution in [-0.4, -0.2) is 40.7 Å². The predicted octanol–water partition coefficient (Wildman–Crippen LogP) is 5.33. The summed E-state index contributed by atoms with van der Waals surface area (Å²) in [6, 6.07) is 12.3. The highest BCUT2D eigenvalue weighted by molar-refractivity contribution is 6.09. The Morgan fingerprint density at radius 2 is 1.76 bits per heavy atom. The first-order valence-electron chi connectivity index (χ1n) is 11.1. The summed E-state index contributed by atoms with van der Waals surface area (Å²) in [6.45, 7) is 11.4. The highest BCUT2D eigenvalue weighted by atomic mass is 16.5. The summed E-state index contributed by atoms with van der Waals surface area (Å²) in [5, 5.41) is 13.9. The summed E-state index contributed by atoms with van der Waals surface area (Å²) in [5.74, 6) is 0.241. The van der Waals surface area contributed by atoms with E-state index in [1.165, 1.54) is 0 Å². The molecular formula is C26H32N2O5. The van der Waals surface area contributed by atoms with Crippen LogP contribution in [0.25, 0.3) is 16.6 Å². The lowest BCUT2D eigenvalue weighted by atomic mass is 9.91. The lowest BCUT2D eigenvalue weighted by Gasteiger charge is -2.18. The fraction of sp³-hybridized carbons (Fsp3) is 0.385. The number of aromatic nitrogens is 1. The minimum absolute atomic E-state index is 0.00597. The van der Waals surface area contributed by atoms with Crippen molar-refractivity contribution in [3.63, 3.8) is 0 Å². The van der Waals surface area contributed by atoms with Gasteiger partial charge < -0.3 is 24.5 Å². The molecular weight excluding hydrogens is 420 g/mol. The van der Waals surface area contributed by atoms with Crippen molar-refractivity contribution in [2.24, 2.45) is 5.41 Å². The smallest absolute Gasteiger partial charge is 0.357 e. The lowest BCUT2D eigenvalue weighted by molar-refractivity contribution is -0.124. The Labute approximate surface area is 194 Å². The van der Waals surface area contributed by atoms with E-state index < -0.39 is 11.4 Å². The number of ether oxygens (including phenoxy) is 2. The maximum Gasteiger partial charge on any atom is 0.357 e. The number of phenolic OH excluding ortho intramolecular Hbond substituents is 1. The maximum absolute atomic E-state index is 13.1. The zero-order chi connectivity index (χ0) is 24.3. The fourth-order valence-corrected chi connectivity index (χ4v) is 3.50. The molecule has 0 saturated carbocycles. The van der Waals surface area contributed by atoms with Crippen molar-refractivity contribution in [2.75, 3.05) is 18.5 Å². The molecule has 0 aliphatic rings. The average Bonchev–Trinajstić information content (AvgIpc) is 3.05. The zero-order valence-corrected chi connectivity index (χ0v) is 20.1. The lowest BCUT2D eigenvalue weighted by Crippen LogP contribution is -2.28. The molecule has 33 heavy (non-hydrogen) atoms. The molecule has 0 bridgehead atoms. The topological polar surface area (TPSA) is 89.8 Å². The molecule has 0 atom stereocenters. The van der Waals surface area contributed by atoms with Crippen LogP contribution in [0.2, 0.25) is 0 Å². The number of aromatic hydroxyl groups is 1. The first kappa shape index (κ1) is 24.2. The average molecular weight is 453 g/mol. The molecule has 7 heteroatoms. The van der Waals surface area contributed by atoms with Crippen molar-refractivity contribution in [3.05, 3.63) is 48.2 Å². The third-order valence-corrected chi connectivity index (χ3v) is 5.15. The number of hydrogen-bond acceptors (Lipinski definition) is 6. The first-order valence-corrected chi connectivity index (χ1v) is 11.1. The number of carbonyl (C=O) groups is 2. The molecule has 2 aromatic carbocycles. The Morgan fingerprint density at radius 1 is 1.09 bits per heavy atom. The van der Waals surface area contributed by atoms with Gasteiger partial charge in [-0.1, -0.05) is 20.8 Å². The van der Waals surface area contributed by atoms with Gasteiger partial charge >= 0.3 is 5.97 Å². The van der Waals surface area contributed by atoms with Crippen LogP contribution < -0.4 is 10.1 Å². The number of nitrogens with one attached hydrogen (secondary N) is 1. The van der Waals surface area contributed by atoms with Crippen LogP contribution in [0.3, 0.4) is 0 Å². The van der Waals surface area contributed by atoms with Crippen molar-refractivity contribution in [1.29, 1.82) is 0 Å². The minimum atomic E-state index is -0.538. The Kier molecular flexibility index (Phi) is 7.01. The molecule has 7 nitrogen and oxygen atoms in total. The van der Waals surface area contributed by atoms with Gasteiger partial charge in [0.05, 0.1) is 30.5 Å². The number of anilines is 1. The van der Waals surface area contributed by atoms with E-state index in [1.54, 1.807) is 29.7 Å². The highest BCUT2D eigenvalue weighted by Crippen LogP contribution is 2.37. The Bertz CT molecular complexity index is 1150. The summed E-state index contributed by atoms with van der Waals surface area (Å²) < 4.78 is 12.9. The minimum Gasteiger partial charge on any atom is -0.508 e. The quantitative estimate of drug-likeness (QED) is 0.449. The number of Topliss-reactive ketones (excluding diaryl/α,β-unsaturated/α-hetero) is 1. The predicted molar refractivity (Wildman–Crippen MR) is 130 cm³/mol. The molecule has 2 N–H and O–H groups in total. The van der Waals surface area contributed by atoms with Gasteiger partial charge in [0.25, 0.3) is 0 Å². The van der Waals surface area contributed by atoms with E-state index in [1.807, 2.05) is 58.9 Å². The number of benzene rings is 2. The van der Waals surface area contributed by atoms with Crippen molar-refractivity contribution < 1.29 is 24.2 Å². The molecule has 0 spiro atoms. The van der Waals surface area contributed by atoms with Crippen molar-refractivity contribution in [2.45, 2.75) is 47.6 Å². The monoisotopic (exact) mass is 452 g/mol. The van der Waals surface area contributed by atoms with Gasteiger partial charge in [-0.15, -0.1) is 0 Å². The molecule has 0 aliphatic carbocycles. The molecule has 3 rings (SSSR count). The zero-order valence-electron chi connectivity index (χ0n) is 20.1. The number of fused-ring (bicyclic) bond motifs is 1. The third-order valence-electron chi connectivity index (χ3n) is 5.15. The van der Waals surface area contributed by atoms with Crippen LogP contribution in [0.4, 0.5) is 5.69 Å². The maximum atomic E-state index is 13.1.